The number of thioether (sulfide) groups is 1. The first-order chi connectivity index (χ1) is 12.6. The highest BCUT2D eigenvalue weighted by Crippen LogP contribution is 2.27. The SMILES string of the molecule is Cc1ccccc1-c1nnc(SCc2nc(N)c3ccccc3n2)n1C. The molecule has 0 saturated heterocycles. The number of nitrogen functional groups attached to an aromatic ring is 1. The first kappa shape index (κ1) is 16.5. The molecule has 130 valence electrons. The highest BCUT2D eigenvalue weighted by Gasteiger charge is 2.14. The lowest BCUT2D eigenvalue weighted by molar-refractivity contribution is 0.792. The number of rotatable bonds is 4. The zero-order chi connectivity index (χ0) is 18.1. The Balaban J connectivity index is 1.59. The van der Waals surface area contributed by atoms with Gasteiger partial charge in [-0.2, -0.15) is 0 Å². The first-order valence-electron chi connectivity index (χ1n) is 8.23. The average Bonchev–Trinajstić information content (AvgIpc) is 3.01. The number of anilines is 1. The van der Waals surface area contributed by atoms with E-state index in [1.165, 1.54) is 5.56 Å². The molecule has 7 heteroatoms. The number of hydrogen-bond donors (Lipinski definition) is 1. The fourth-order valence-corrected chi connectivity index (χ4v) is 3.61. The van der Waals surface area contributed by atoms with Gasteiger partial charge in [0, 0.05) is 18.0 Å². The van der Waals surface area contributed by atoms with Gasteiger partial charge >= 0.3 is 0 Å². The Morgan fingerprint density at radius 3 is 2.62 bits per heavy atom. The second-order valence-electron chi connectivity index (χ2n) is 6.01. The van der Waals surface area contributed by atoms with Gasteiger partial charge in [0.25, 0.3) is 0 Å². The van der Waals surface area contributed by atoms with E-state index in [0.29, 0.717) is 17.4 Å². The number of nitrogens with two attached hydrogens (primary N) is 1. The molecule has 2 aromatic heterocycles. The van der Waals surface area contributed by atoms with E-state index in [1.807, 2.05) is 48.0 Å². The summed E-state index contributed by atoms with van der Waals surface area (Å²) in [6, 6.07) is 15.9. The fourth-order valence-electron chi connectivity index (χ4n) is 2.84. The molecule has 0 bridgehead atoms. The second-order valence-corrected chi connectivity index (χ2v) is 6.95. The third-order valence-corrected chi connectivity index (χ3v) is 5.25. The Kier molecular flexibility index (Phi) is 4.30. The molecule has 2 heterocycles. The van der Waals surface area contributed by atoms with E-state index >= 15 is 0 Å². The maximum absolute atomic E-state index is 6.06. The summed E-state index contributed by atoms with van der Waals surface area (Å²) in [4.78, 5) is 9.00. The molecule has 0 saturated carbocycles. The Morgan fingerprint density at radius 2 is 1.77 bits per heavy atom. The second kappa shape index (κ2) is 6.76. The van der Waals surface area contributed by atoms with Gasteiger partial charge in [0.1, 0.15) is 11.6 Å². The van der Waals surface area contributed by atoms with Crippen molar-refractivity contribution in [3.63, 3.8) is 0 Å². The maximum Gasteiger partial charge on any atom is 0.191 e. The molecule has 0 radical (unpaired) electrons. The van der Waals surface area contributed by atoms with E-state index < -0.39 is 0 Å². The fraction of sp³-hybridized carbons (Fsp3) is 0.158. The Labute approximate surface area is 155 Å². The number of benzene rings is 2. The predicted molar refractivity (Wildman–Crippen MR) is 105 cm³/mol. The molecule has 0 aliphatic heterocycles. The van der Waals surface area contributed by atoms with E-state index in [9.17, 15) is 0 Å². The zero-order valence-corrected chi connectivity index (χ0v) is 15.4. The van der Waals surface area contributed by atoms with Crippen LogP contribution >= 0.6 is 11.8 Å². The smallest absolute Gasteiger partial charge is 0.191 e. The van der Waals surface area contributed by atoms with Crippen LogP contribution in [0.1, 0.15) is 11.4 Å². The van der Waals surface area contributed by atoms with Crippen LogP contribution in [0, 0.1) is 6.92 Å². The molecule has 4 aromatic rings. The van der Waals surface area contributed by atoms with Crippen molar-refractivity contribution in [3.8, 4) is 11.4 Å². The Morgan fingerprint density at radius 1 is 1.00 bits per heavy atom. The van der Waals surface area contributed by atoms with E-state index in [2.05, 4.69) is 39.2 Å². The molecule has 0 fully saturated rings. The van der Waals surface area contributed by atoms with Crippen LogP contribution < -0.4 is 5.73 Å². The minimum atomic E-state index is 0.504. The van der Waals surface area contributed by atoms with Gasteiger partial charge in [0.2, 0.25) is 0 Å². The van der Waals surface area contributed by atoms with Gasteiger partial charge in [-0.1, -0.05) is 48.2 Å². The molecular weight excluding hydrogens is 344 g/mol. The van der Waals surface area contributed by atoms with Crippen LogP contribution in [-0.4, -0.2) is 24.7 Å². The van der Waals surface area contributed by atoms with E-state index in [-0.39, 0.29) is 0 Å². The van der Waals surface area contributed by atoms with Crippen molar-refractivity contribution >= 4 is 28.5 Å². The molecule has 2 aromatic carbocycles. The molecule has 0 spiro atoms. The van der Waals surface area contributed by atoms with Crippen molar-refractivity contribution in [1.82, 2.24) is 24.7 Å². The van der Waals surface area contributed by atoms with Gasteiger partial charge in [0.15, 0.2) is 11.0 Å². The topological polar surface area (TPSA) is 82.5 Å². The van der Waals surface area contributed by atoms with E-state index in [0.717, 1.165) is 27.4 Å². The number of aryl methyl sites for hydroxylation is 1. The standard InChI is InChI=1S/C19H18N6S/c1-12-7-3-4-8-13(12)18-23-24-19(25(18)2)26-11-16-21-15-10-6-5-9-14(15)17(20)22-16/h3-10H,11H2,1-2H3,(H2,20,21,22). The molecule has 26 heavy (non-hydrogen) atoms. The van der Waals surface area contributed by atoms with Gasteiger partial charge in [0.05, 0.1) is 11.3 Å². The minimum Gasteiger partial charge on any atom is -0.383 e. The van der Waals surface area contributed by atoms with Crippen LogP contribution in [-0.2, 0) is 12.8 Å². The van der Waals surface area contributed by atoms with Crippen molar-refractivity contribution in [2.45, 2.75) is 17.8 Å². The zero-order valence-electron chi connectivity index (χ0n) is 14.5. The molecule has 0 unspecified atom stereocenters. The van der Waals surface area contributed by atoms with Crippen LogP contribution in [0.15, 0.2) is 53.7 Å². The Hall–Kier alpha value is -2.93. The normalized spacial score (nSPS) is 11.2. The molecular formula is C19H18N6S. The third kappa shape index (κ3) is 3.01. The van der Waals surface area contributed by atoms with Crippen LogP contribution in [0.2, 0.25) is 0 Å². The van der Waals surface area contributed by atoms with Gasteiger partial charge in [-0.15, -0.1) is 10.2 Å². The van der Waals surface area contributed by atoms with Crippen molar-refractivity contribution in [3.05, 3.63) is 59.9 Å². The maximum atomic E-state index is 6.06. The summed E-state index contributed by atoms with van der Waals surface area (Å²) in [5.74, 6) is 2.62. The van der Waals surface area contributed by atoms with Gasteiger partial charge in [-0.05, 0) is 24.6 Å². The van der Waals surface area contributed by atoms with Gasteiger partial charge in [-0.25, -0.2) is 9.97 Å². The summed E-state index contributed by atoms with van der Waals surface area (Å²) >= 11 is 1.55. The quantitative estimate of drug-likeness (QED) is 0.559. The highest BCUT2D eigenvalue weighted by molar-refractivity contribution is 7.98. The van der Waals surface area contributed by atoms with Crippen LogP contribution in [0.4, 0.5) is 5.82 Å². The third-order valence-electron chi connectivity index (χ3n) is 4.23. The lowest BCUT2D eigenvalue weighted by Crippen LogP contribution is -2.01. The first-order valence-corrected chi connectivity index (χ1v) is 9.21. The number of fused-ring (bicyclic) bond motifs is 1. The van der Waals surface area contributed by atoms with Crippen molar-refractivity contribution in [1.29, 1.82) is 0 Å². The van der Waals surface area contributed by atoms with Gasteiger partial charge < -0.3 is 10.3 Å². The van der Waals surface area contributed by atoms with Crippen molar-refractivity contribution in [2.24, 2.45) is 7.05 Å². The van der Waals surface area contributed by atoms with Crippen LogP contribution in [0.25, 0.3) is 22.3 Å². The number of aromatic nitrogens is 5. The summed E-state index contributed by atoms with van der Waals surface area (Å²) in [6.45, 7) is 2.07. The molecule has 2 N–H and O–H groups in total. The lowest BCUT2D eigenvalue weighted by atomic mass is 10.1. The van der Waals surface area contributed by atoms with Gasteiger partial charge in [-0.3, -0.25) is 0 Å². The predicted octanol–water partition coefficient (Wildman–Crippen LogP) is 3.61. The molecule has 6 nitrogen and oxygen atoms in total. The average molecular weight is 362 g/mol. The van der Waals surface area contributed by atoms with Crippen LogP contribution in [0.5, 0.6) is 0 Å². The minimum absolute atomic E-state index is 0.504. The number of hydrogen-bond acceptors (Lipinski definition) is 6. The molecule has 0 amide bonds. The van der Waals surface area contributed by atoms with Crippen molar-refractivity contribution in [2.75, 3.05) is 5.73 Å². The highest BCUT2D eigenvalue weighted by atomic mass is 32.2. The summed E-state index contributed by atoms with van der Waals surface area (Å²) < 4.78 is 2.00. The largest absolute Gasteiger partial charge is 0.383 e. The lowest BCUT2D eigenvalue weighted by Gasteiger charge is -2.07. The summed E-state index contributed by atoms with van der Waals surface area (Å²) in [5, 5.41) is 10.4. The Bertz CT molecular complexity index is 1090. The number of nitrogens with zero attached hydrogens (tertiary/aromatic N) is 5. The summed E-state index contributed by atoms with van der Waals surface area (Å²) in [5.41, 5.74) is 9.17. The number of para-hydroxylation sites is 1. The van der Waals surface area contributed by atoms with Crippen LogP contribution in [0.3, 0.4) is 0 Å². The molecule has 4 rings (SSSR count). The molecule has 0 aliphatic carbocycles. The summed E-state index contributed by atoms with van der Waals surface area (Å²) in [6.07, 6.45) is 0. The molecule has 0 aliphatic rings. The summed E-state index contributed by atoms with van der Waals surface area (Å²) in [7, 11) is 1.97. The van der Waals surface area contributed by atoms with E-state index in [4.69, 9.17) is 5.73 Å². The van der Waals surface area contributed by atoms with Crippen molar-refractivity contribution < 1.29 is 0 Å². The van der Waals surface area contributed by atoms with E-state index in [1.54, 1.807) is 11.8 Å². The monoisotopic (exact) mass is 362 g/mol. The molecule has 0 atom stereocenters.